The molecule has 1 saturated heterocycles. The first-order chi connectivity index (χ1) is 29.6. The highest BCUT2D eigenvalue weighted by atomic mass is 32.2. The van der Waals surface area contributed by atoms with Crippen molar-refractivity contribution in [1.82, 2.24) is 24.3 Å². The van der Waals surface area contributed by atoms with Crippen LogP contribution in [-0.2, 0) is 41.7 Å². The summed E-state index contributed by atoms with van der Waals surface area (Å²) in [6.07, 6.45) is 7.99. The number of amides is 1. The Morgan fingerprint density at radius 2 is 1.77 bits per heavy atom. The third-order valence-electron chi connectivity index (χ3n) is 10.6. The number of nitrogens with zero attached hydrogens (tertiary/aromatic N) is 7. The van der Waals surface area contributed by atoms with Gasteiger partial charge in [-0.15, -0.1) is 0 Å². The van der Waals surface area contributed by atoms with Crippen LogP contribution in [0.5, 0.6) is 0 Å². The van der Waals surface area contributed by atoms with E-state index in [2.05, 4.69) is 15.4 Å². The summed E-state index contributed by atoms with van der Waals surface area (Å²) in [4.78, 5) is 41.3. The van der Waals surface area contributed by atoms with Crippen LogP contribution in [0.25, 0.3) is 11.0 Å². The van der Waals surface area contributed by atoms with Gasteiger partial charge in [0.25, 0.3) is 15.7 Å². The fourth-order valence-corrected chi connectivity index (χ4v) is 8.40. The standard InChI is InChI=1S/C44H48N8O8S/c1-31-15-17-36(18-16-31)61(55,56)60-25-24-57-22-9-19-51-41-34(27-45-43(48-41)47-35-28-46-52(29-35)39-14-6-7-23-58-39)26-38(42(51)53)49-20-21-50(40-32(2)10-8-13-37(40)49)44(54)59-30-33-11-4-3-5-12-33/h3-5,8,10-13,15-18,26-29,39H,6-7,9,14,19-25,30H2,1-2H3,(H,45,47,48). The summed E-state index contributed by atoms with van der Waals surface area (Å²) in [6.45, 7) is 5.54. The van der Waals surface area contributed by atoms with Crippen LogP contribution in [0, 0.1) is 13.8 Å². The van der Waals surface area contributed by atoms with Crippen molar-refractivity contribution < 1.29 is 31.6 Å². The quantitative estimate of drug-likeness (QED) is 0.0816. The average Bonchev–Trinajstić information content (AvgIpc) is 3.75. The van der Waals surface area contributed by atoms with E-state index in [9.17, 15) is 18.0 Å². The van der Waals surface area contributed by atoms with Gasteiger partial charge < -0.3 is 24.4 Å². The SMILES string of the molecule is Cc1ccc(S(=O)(=O)OCCOCCCn2c(=O)c(N3CCN(C(=O)OCc4ccccc4)c4c(C)cccc43)cc3cnc(Nc4cnn(C5CCCCO5)c4)nc32)cc1. The molecule has 1 N–H and O–H groups in total. The van der Waals surface area contributed by atoms with Crippen molar-refractivity contribution in [3.8, 4) is 0 Å². The van der Waals surface area contributed by atoms with Gasteiger partial charge in [0.05, 0.1) is 47.6 Å². The molecule has 16 nitrogen and oxygen atoms in total. The number of pyridine rings is 1. The molecule has 1 fully saturated rings. The number of hydrogen-bond acceptors (Lipinski definition) is 13. The molecule has 3 aromatic heterocycles. The van der Waals surface area contributed by atoms with Crippen molar-refractivity contribution in [3.63, 3.8) is 0 Å². The summed E-state index contributed by atoms with van der Waals surface area (Å²) in [5.74, 6) is 0.282. The zero-order chi connectivity index (χ0) is 42.3. The fourth-order valence-electron chi connectivity index (χ4n) is 7.50. The van der Waals surface area contributed by atoms with E-state index in [1.807, 2.05) is 73.5 Å². The first kappa shape index (κ1) is 41.6. The second-order valence-corrected chi connectivity index (χ2v) is 16.6. The molecular formula is C44H48N8O8S. The normalized spacial score (nSPS) is 15.5. The summed E-state index contributed by atoms with van der Waals surface area (Å²) < 4.78 is 51.2. The molecule has 1 amide bonds. The zero-order valence-corrected chi connectivity index (χ0v) is 34.9. The molecule has 2 aliphatic heterocycles. The first-order valence-electron chi connectivity index (χ1n) is 20.4. The van der Waals surface area contributed by atoms with E-state index in [1.54, 1.807) is 44.7 Å². The highest BCUT2D eigenvalue weighted by Crippen LogP contribution is 2.40. The molecule has 1 unspecified atom stereocenters. The molecule has 17 heteroatoms. The number of carbonyl (C=O) groups is 1. The molecule has 0 spiro atoms. The number of aryl methyl sites for hydroxylation is 3. The maximum atomic E-state index is 14.7. The van der Waals surface area contributed by atoms with Gasteiger partial charge in [0.2, 0.25) is 5.95 Å². The van der Waals surface area contributed by atoms with E-state index < -0.39 is 16.2 Å². The van der Waals surface area contributed by atoms with Crippen LogP contribution in [0.1, 0.15) is 48.6 Å². The Kier molecular flexibility index (Phi) is 12.7. The van der Waals surface area contributed by atoms with Gasteiger partial charge in [0.15, 0.2) is 0 Å². The van der Waals surface area contributed by atoms with Crippen LogP contribution in [0.2, 0.25) is 0 Å². The topological polar surface area (TPSA) is 172 Å². The largest absolute Gasteiger partial charge is 0.444 e. The van der Waals surface area contributed by atoms with Crippen LogP contribution in [0.15, 0.2) is 107 Å². The number of fused-ring (bicyclic) bond motifs is 2. The van der Waals surface area contributed by atoms with E-state index >= 15 is 0 Å². The highest BCUT2D eigenvalue weighted by molar-refractivity contribution is 7.86. The molecule has 0 radical (unpaired) electrons. The molecule has 5 heterocycles. The van der Waals surface area contributed by atoms with Gasteiger partial charge in [-0.3, -0.25) is 18.4 Å². The lowest BCUT2D eigenvalue weighted by molar-refractivity contribution is -0.0394. The summed E-state index contributed by atoms with van der Waals surface area (Å²) in [5, 5.41) is 8.34. The summed E-state index contributed by atoms with van der Waals surface area (Å²) in [6, 6.07) is 23.4. The van der Waals surface area contributed by atoms with Crippen molar-refractivity contribution in [1.29, 1.82) is 0 Å². The Labute approximate surface area is 353 Å². The maximum absolute atomic E-state index is 14.7. The molecule has 1 atom stereocenters. The Hall–Kier alpha value is -6.14. The Morgan fingerprint density at radius 1 is 0.934 bits per heavy atom. The molecule has 8 rings (SSSR count). The Morgan fingerprint density at radius 3 is 2.57 bits per heavy atom. The number of rotatable bonds is 15. The van der Waals surface area contributed by atoms with Gasteiger partial charge in [0, 0.05) is 44.4 Å². The lowest BCUT2D eigenvalue weighted by Gasteiger charge is -2.38. The predicted octanol–water partition coefficient (Wildman–Crippen LogP) is 7.15. The lowest BCUT2D eigenvalue weighted by atomic mass is 10.1. The third kappa shape index (κ3) is 9.60. The van der Waals surface area contributed by atoms with Gasteiger partial charge in [-0.05, 0) is 74.9 Å². The number of benzene rings is 3. The van der Waals surface area contributed by atoms with Gasteiger partial charge in [0.1, 0.15) is 24.2 Å². The Balaban J connectivity index is 1.03. The second kappa shape index (κ2) is 18.6. The van der Waals surface area contributed by atoms with Crippen molar-refractivity contribution in [2.24, 2.45) is 0 Å². The van der Waals surface area contributed by atoms with Gasteiger partial charge >= 0.3 is 6.09 Å². The smallest absolute Gasteiger partial charge is 0.414 e. The van der Waals surface area contributed by atoms with Crippen molar-refractivity contribution >= 4 is 55.9 Å². The number of carbonyl (C=O) groups excluding carboxylic acids is 1. The van der Waals surface area contributed by atoms with Crippen molar-refractivity contribution in [2.75, 3.05) is 54.6 Å². The lowest BCUT2D eigenvalue weighted by Crippen LogP contribution is -2.44. The maximum Gasteiger partial charge on any atom is 0.414 e. The van der Waals surface area contributed by atoms with Gasteiger partial charge in [-0.2, -0.15) is 18.5 Å². The molecular weight excluding hydrogens is 801 g/mol. The molecule has 3 aromatic carbocycles. The number of para-hydroxylation sites is 1. The second-order valence-electron chi connectivity index (χ2n) is 15.0. The number of hydrogen-bond donors (Lipinski definition) is 1. The minimum absolute atomic E-state index is 0.0325. The minimum atomic E-state index is -3.93. The van der Waals surface area contributed by atoms with Crippen molar-refractivity contribution in [3.05, 3.63) is 124 Å². The monoisotopic (exact) mass is 848 g/mol. The molecule has 318 valence electrons. The number of nitrogens with one attached hydrogen (secondary N) is 1. The first-order valence-corrected chi connectivity index (χ1v) is 21.8. The molecule has 2 aliphatic rings. The van der Waals surface area contributed by atoms with Crippen molar-refractivity contribution in [2.45, 2.75) is 63.8 Å². The zero-order valence-electron chi connectivity index (χ0n) is 34.1. The molecule has 0 aliphatic carbocycles. The van der Waals surface area contributed by atoms with E-state index in [0.717, 1.165) is 36.0 Å². The minimum Gasteiger partial charge on any atom is -0.444 e. The highest BCUT2D eigenvalue weighted by Gasteiger charge is 2.32. The van der Waals surface area contributed by atoms with Crippen LogP contribution >= 0.6 is 0 Å². The summed E-state index contributed by atoms with van der Waals surface area (Å²) in [5.41, 5.74) is 5.21. The van der Waals surface area contributed by atoms with E-state index in [0.29, 0.717) is 53.4 Å². The van der Waals surface area contributed by atoms with Gasteiger partial charge in [-0.1, -0.05) is 60.2 Å². The summed E-state index contributed by atoms with van der Waals surface area (Å²) >= 11 is 0. The van der Waals surface area contributed by atoms with E-state index in [-0.39, 0.29) is 62.1 Å². The van der Waals surface area contributed by atoms with Crippen LogP contribution in [0.3, 0.4) is 0 Å². The summed E-state index contributed by atoms with van der Waals surface area (Å²) in [7, 11) is -3.93. The fraction of sp³-hybridized carbons (Fsp3) is 0.341. The molecule has 6 aromatic rings. The predicted molar refractivity (Wildman–Crippen MR) is 230 cm³/mol. The molecule has 61 heavy (non-hydrogen) atoms. The third-order valence-corrected chi connectivity index (χ3v) is 11.9. The van der Waals surface area contributed by atoms with E-state index in [1.165, 1.54) is 12.1 Å². The van der Waals surface area contributed by atoms with Crippen LogP contribution in [0.4, 0.5) is 33.5 Å². The number of ether oxygens (including phenoxy) is 3. The van der Waals surface area contributed by atoms with E-state index in [4.69, 9.17) is 23.4 Å². The van der Waals surface area contributed by atoms with Crippen LogP contribution < -0.4 is 20.7 Å². The number of aromatic nitrogens is 5. The van der Waals surface area contributed by atoms with Gasteiger partial charge in [-0.25, -0.2) is 14.5 Å². The van der Waals surface area contributed by atoms with Crippen LogP contribution in [-0.4, -0.2) is 78.3 Å². The Bertz CT molecular complexity index is 2650. The molecule has 0 bridgehead atoms. The number of anilines is 5. The molecule has 0 saturated carbocycles. The average molecular weight is 849 g/mol.